The van der Waals surface area contributed by atoms with Crippen LogP contribution >= 0.6 is 0 Å². The van der Waals surface area contributed by atoms with Gasteiger partial charge in [0.05, 0.1) is 0 Å². The van der Waals surface area contributed by atoms with Crippen LogP contribution in [0.1, 0.15) is 32.3 Å². The van der Waals surface area contributed by atoms with E-state index in [1.54, 1.807) is 0 Å². The van der Waals surface area contributed by atoms with E-state index < -0.39 is 0 Å². The van der Waals surface area contributed by atoms with Crippen LogP contribution in [-0.2, 0) is 5.41 Å². The third kappa shape index (κ3) is 1.92. The Morgan fingerprint density at radius 2 is 1.62 bits per heavy atom. The number of benzene rings is 1. The molecule has 0 amide bonds. The summed E-state index contributed by atoms with van der Waals surface area (Å²) in [5.41, 5.74) is 7.43. The van der Waals surface area contributed by atoms with E-state index in [2.05, 4.69) is 44.2 Å². The van der Waals surface area contributed by atoms with Crippen molar-refractivity contribution in [2.24, 2.45) is 5.73 Å². The molecule has 2 N–H and O–H groups in total. The Balaban J connectivity index is 3.01. The van der Waals surface area contributed by atoms with Crippen molar-refractivity contribution in [3.63, 3.8) is 0 Å². The molecule has 1 nitrogen and oxygen atoms in total. The van der Waals surface area contributed by atoms with E-state index in [0.29, 0.717) is 0 Å². The van der Waals surface area contributed by atoms with Crippen LogP contribution in [-0.4, -0.2) is 6.54 Å². The number of nitrogens with two attached hydrogens (primary N) is 1. The maximum atomic E-state index is 5.86. The van der Waals surface area contributed by atoms with E-state index in [-0.39, 0.29) is 5.41 Å². The zero-order valence-corrected chi connectivity index (χ0v) is 8.59. The highest BCUT2D eigenvalue weighted by Crippen LogP contribution is 2.29. The van der Waals surface area contributed by atoms with Crippen LogP contribution in [0.25, 0.3) is 0 Å². The van der Waals surface area contributed by atoms with Crippen LogP contribution in [0.2, 0.25) is 0 Å². The Kier molecular flexibility index (Phi) is 3.49. The topological polar surface area (TPSA) is 26.0 Å². The van der Waals surface area contributed by atoms with Gasteiger partial charge in [-0.25, -0.2) is 0 Å². The molecule has 0 aliphatic heterocycles. The molecule has 0 aliphatic carbocycles. The van der Waals surface area contributed by atoms with Gasteiger partial charge in [0, 0.05) is 12.0 Å². The fraction of sp³-hybridized carbons (Fsp3) is 0.500. The van der Waals surface area contributed by atoms with Gasteiger partial charge in [0.15, 0.2) is 0 Å². The minimum absolute atomic E-state index is 0.196. The smallest absolute Gasteiger partial charge is 0.00703 e. The number of hydrogen-bond donors (Lipinski definition) is 1. The molecule has 0 fully saturated rings. The monoisotopic (exact) mass is 177 g/mol. The molecule has 0 aromatic heterocycles. The predicted molar refractivity (Wildman–Crippen MR) is 57.8 cm³/mol. The molecule has 13 heavy (non-hydrogen) atoms. The van der Waals surface area contributed by atoms with Gasteiger partial charge in [-0.1, -0.05) is 44.2 Å². The van der Waals surface area contributed by atoms with Crippen LogP contribution < -0.4 is 5.73 Å². The first-order chi connectivity index (χ1) is 6.29. The molecule has 1 aromatic carbocycles. The molecule has 0 unspecified atom stereocenters. The van der Waals surface area contributed by atoms with Crippen molar-refractivity contribution in [2.75, 3.05) is 6.54 Å². The summed E-state index contributed by atoms with van der Waals surface area (Å²) in [7, 11) is 0. The normalized spacial score (nSPS) is 11.6. The minimum Gasteiger partial charge on any atom is -0.330 e. The van der Waals surface area contributed by atoms with Crippen LogP contribution in [0.5, 0.6) is 0 Å². The molecule has 0 spiro atoms. The summed E-state index contributed by atoms with van der Waals surface area (Å²) in [6.07, 6.45) is 2.23. The quantitative estimate of drug-likeness (QED) is 0.752. The second-order valence-corrected chi connectivity index (χ2v) is 3.56. The average Bonchev–Trinajstić information content (AvgIpc) is 2.23. The second kappa shape index (κ2) is 4.43. The van der Waals surface area contributed by atoms with Gasteiger partial charge in [-0.15, -0.1) is 0 Å². The fourth-order valence-corrected chi connectivity index (χ4v) is 1.86. The summed E-state index contributed by atoms with van der Waals surface area (Å²) in [6.45, 7) is 5.16. The summed E-state index contributed by atoms with van der Waals surface area (Å²) >= 11 is 0. The molecule has 0 atom stereocenters. The summed E-state index contributed by atoms with van der Waals surface area (Å²) in [6, 6.07) is 10.6. The molecule has 72 valence electrons. The SMILES string of the molecule is CCC(CC)(CN)c1ccccc1. The fourth-order valence-electron chi connectivity index (χ4n) is 1.86. The van der Waals surface area contributed by atoms with Gasteiger partial charge in [0.25, 0.3) is 0 Å². The Hall–Kier alpha value is -0.820. The van der Waals surface area contributed by atoms with Crippen molar-refractivity contribution < 1.29 is 0 Å². The Labute approximate surface area is 81.0 Å². The van der Waals surface area contributed by atoms with Gasteiger partial charge >= 0.3 is 0 Å². The molecule has 0 radical (unpaired) electrons. The maximum Gasteiger partial charge on any atom is 0.00703 e. The predicted octanol–water partition coefficient (Wildman–Crippen LogP) is 2.70. The third-order valence-electron chi connectivity index (χ3n) is 3.13. The molecule has 1 heteroatoms. The second-order valence-electron chi connectivity index (χ2n) is 3.56. The molecule has 1 aromatic rings. The summed E-state index contributed by atoms with van der Waals surface area (Å²) in [5, 5.41) is 0. The Bertz CT molecular complexity index is 228. The van der Waals surface area contributed by atoms with Crippen molar-refractivity contribution in [3.05, 3.63) is 35.9 Å². The van der Waals surface area contributed by atoms with Crippen molar-refractivity contribution >= 4 is 0 Å². The van der Waals surface area contributed by atoms with Gasteiger partial charge in [-0.3, -0.25) is 0 Å². The van der Waals surface area contributed by atoms with Crippen LogP contribution in [0, 0.1) is 0 Å². The van der Waals surface area contributed by atoms with Gasteiger partial charge in [0.2, 0.25) is 0 Å². The standard InChI is InChI=1S/C12H19N/c1-3-12(4-2,10-13)11-8-6-5-7-9-11/h5-9H,3-4,10,13H2,1-2H3. The summed E-state index contributed by atoms with van der Waals surface area (Å²) in [4.78, 5) is 0. The highest BCUT2D eigenvalue weighted by molar-refractivity contribution is 5.25. The van der Waals surface area contributed by atoms with Gasteiger partial charge in [0.1, 0.15) is 0 Å². The molecular weight excluding hydrogens is 158 g/mol. The van der Waals surface area contributed by atoms with E-state index in [4.69, 9.17) is 5.73 Å². The molecule has 1 rings (SSSR count). The van der Waals surface area contributed by atoms with E-state index in [9.17, 15) is 0 Å². The lowest BCUT2D eigenvalue weighted by Crippen LogP contribution is -2.33. The van der Waals surface area contributed by atoms with Crippen molar-refractivity contribution in [1.82, 2.24) is 0 Å². The molecule has 0 bridgehead atoms. The van der Waals surface area contributed by atoms with Crippen molar-refractivity contribution in [1.29, 1.82) is 0 Å². The summed E-state index contributed by atoms with van der Waals surface area (Å²) < 4.78 is 0. The van der Waals surface area contributed by atoms with Crippen LogP contribution in [0.3, 0.4) is 0 Å². The van der Waals surface area contributed by atoms with Crippen molar-refractivity contribution in [2.45, 2.75) is 32.1 Å². The molecular formula is C12H19N. The molecule has 0 heterocycles. The van der Waals surface area contributed by atoms with Crippen LogP contribution in [0.15, 0.2) is 30.3 Å². The highest BCUT2D eigenvalue weighted by atomic mass is 14.6. The molecule has 0 saturated heterocycles. The van der Waals surface area contributed by atoms with E-state index in [0.717, 1.165) is 19.4 Å². The maximum absolute atomic E-state index is 5.86. The largest absolute Gasteiger partial charge is 0.330 e. The minimum atomic E-state index is 0.196. The third-order valence-corrected chi connectivity index (χ3v) is 3.13. The van der Waals surface area contributed by atoms with E-state index in [1.807, 2.05) is 0 Å². The zero-order valence-electron chi connectivity index (χ0n) is 8.59. The number of hydrogen-bond acceptors (Lipinski definition) is 1. The highest BCUT2D eigenvalue weighted by Gasteiger charge is 2.25. The zero-order chi connectivity index (χ0) is 9.73. The van der Waals surface area contributed by atoms with E-state index in [1.165, 1.54) is 5.56 Å². The lowest BCUT2D eigenvalue weighted by molar-refractivity contribution is 0.407. The van der Waals surface area contributed by atoms with Gasteiger partial charge < -0.3 is 5.73 Å². The first-order valence-electron chi connectivity index (χ1n) is 5.04. The van der Waals surface area contributed by atoms with Crippen molar-refractivity contribution in [3.8, 4) is 0 Å². The summed E-state index contributed by atoms with van der Waals surface area (Å²) in [5.74, 6) is 0. The Morgan fingerprint density at radius 1 is 1.08 bits per heavy atom. The Morgan fingerprint density at radius 3 is 2.00 bits per heavy atom. The average molecular weight is 177 g/mol. The first-order valence-corrected chi connectivity index (χ1v) is 5.04. The van der Waals surface area contributed by atoms with Crippen LogP contribution in [0.4, 0.5) is 0 Å². The van der Waals surface area contributed by atoms with Gasteiger partial charge in [-0.05, 0) is 18.4 Å². The lowest BCUT2D eigenvalue weighted by atomic mass is 9.76. The lowest BCUT2D eigenvalue weighted by Gasteiger charge is -2.30. The van der Waals surface area contributed by atoms with Gasteiger partial charge in [-0.2, -0.15) is 0 Å². The van der Waals surface area contributed by atoms with E-state index >= 15 is 0 Å². The molecule has 0 aliphatic rings. The first kappa shape index (κ1) is 10.3. The number of rotatable bonds is 4. The molecule has 0 saturated carbocycles.